The van der Waals surface area contributed by atoms with E-state index in [4.69, 9.17) is 0 Å². The number of quaternary nitrogens is 1. The van der Waals surface area contributed by atoms with E-state index in [1.165, 1.54) is 11.9 Å². The lowest BCUT2D eigenvalue weighted by Gasteiger charge is -2.33. The summed E-state index contributed by atoms with van der Waals surface area (Å²) in [5, 5.41) is 13.7. The number of hydrogen-bond acceptors (Lipinski definition) is 4. The first-order valence-corrected chi connectivity index (χ1v) is 12.0. The number of para-hydroxylation sites is 1. The van der Waals surface area contributed by atoms with Crippen LogP contribution in [0.3, 0.4) is 0 Å². The molecule has 36 heavy (non-hydrogen) atoms. The summed E-state index contributed by atoms with van der Waals surface area (Å²) >= 11 is 0. The smallest absolute Gasteiger partial charge is 0.435 e. The van der Waals surface area contributed by atoms with E-state index in [9.17, 15) is 24.3 Å². The van der Waals surface area contributed by atoms with Gasteiger partial charge in [-0.3, -0.25) is 14.5 Å². The first kappa shape index (κ1) is 25.1. The lowest BCUT2D eigenvalue weighted by Crippen LogP contribution is -2.63. The molecule has 2 heterocycles. The van der Waals surface area contributed by atoms with Gasteiger partial charge < -0.3 is 15.4 Å². The van der Waals surface area contributed by atoms with Gasteiger partial charge in [0.05, 0.1) is 19.1 Å². The van der Waals surface area contributed by atoms with Gasteiger partial charge in [-0.05, 0) is 30.7 Å². The molecule has 1 aliphatic heterocycles. The molecule has 0 radical (unpaired) electrons. The van der Waals surface area contributed by atoms with Gasteiger partial charge in [-0.1, -0.05) is 36.4 Å². The van der Waals surface area contributed by atoms with Crippen LogP contribution < -0.4 is 5.32 Å². The molecule has 3 aromatic rings. The average Bonchev–Trinajstić information content (AvgIpc) is 3.47. The van der Waals surface area contributed by atoms with Gasteiger partial charge in [0.2, 0.25) is 0 Å². The van der Waals surface area contributed by atoms with Crippen LogP contribution in [0.25, 0.3) is 10.9 Å². The first-order valence-electron chi connectivity index (χ1n) is 12.0. The summed E-state index contributed by atoms with van der Waals surface area (Å²) in [7, 11) is 1.44. The molecule has 0 spiro atoms. The minimum Gasteiger partial charge on any atom is -0.435 e. The molecule has 9 nitrogen and oxygen atoms in total. The number of amides is 4. The van der Waals surface area contributed by atoms with Crippen molar-refractivity contribution in [1.29, 1.82) is 0 Å². The number of likely N-dealkylation sites (N-methyl/N-ethyl adjacent to an activating group) is 1. The fraction of sp³-hybridized carbons (Fsp3) is 0.333. The maximum Gasteiger partial charge on any atom is 0.523 e. The fourth-order valence-corrected chi connectivity index (χ4v) is 5.04. The molecule has 3 atom stereocenters. The number of nitrogens with one attached hydrogen (secondary N) is 2. The molecule has 4 amide bonds. The van der Waals surface area contributed by atoms with Crippen molar-refractivity contribution in [1.82, 2.24) is 15.2 Å². The van der Waals surface area contributed by atoms with Gasteiger partial charge >= 0.3 is 12.1 Å². The number of carbonyl (C=O) groups is 4. The van der Waals surface area contributed by atoms with Gasteiger partial charge in [-0.2, -0.15) is 4.79 Å². The monoisotopic (exact) mass is 491 g/mol. The molecule has 0 saturated carbocycles. The number of nitrogens with zero attached hydrogens (tertiary/aromatic N) is 2. The number of aromatic nitrogens is 1. The van der Waals surface area contributed by atoms with Crippen molar-refractivity contribution in [2.24, 2.45) is 0 Å². The number of H-pyrrole nitrogens is 1. The lowest BCUT2D eigenvalue weighted by atomic mass is 10.0. The maximum atomic E-state index is 13.5. The highest BCUT2D eigenvalue weighted by atomic mass is 16.4. The fourth-order valence-electron chi connectivity index (χ4n) is 5.04. The zero-order valence-electron chi connectivity index (χ0n) is 20.4. The van der Waals surface area contributed by atoms with Crippen molar-refractivity contribution in [3.63, 3.8) is 0 Å². The number of Topliss-reactive ketones (excluding diaryl/α,β-unsaturated/α-hetero) is 1. The molecule has 0 aliphatic carbocycles. The zero-order chi connectivity index (χ0) is 25.9. The highest BCUT2D eigenvalue weighted by Gasteiger charge is 2.54. The number of rotatable bonds is 7. The quantitative estimate of drug-likeness (QED) is 0.434. The Morgan fingerprint density at radius 3 is 2.47 bits per heavy atom. The van der Waals surface area contributed by atoms with E-state index in [-0.39, 0.29) is 31.3 Å². The third kappa shape index (κ3) is 4.74. The predicted molar refractivity (Wildman–Crippen MR) is 135 cm³/mol. The van der Waals surface area contributed by atoms with Crippen LogP contribution in [0, 0.1) is 0 Å². The highest BCUT2D eigenvalue weighted by Crippen LogP contribution is 2.29. The Hall–Kier alpha value is -3.98. The predicted octanol–water partition coefficient (Wildman–Crippen LogP) is 3.81. The van der Waals surface area contributed by atoms with E-state index in [1.807, 2.05) is 30.5 Å². The van der Waals surface area contributed by atoms with Crippen LogP contribution in [0.15, 0.2) is 60.8 Å². The van der Waals surface area contributed by atoms with Gasteiger partial charge in [0.25, 0.3) is 5.91 Å². The van der Waals surface area contributed by atoms with Crippen molar-refractivity contribution in [3.8, 4) is 0 Å². The molecule has 3 N–H and O–H groups in total. The molecule has 1 saturated heterocycles. The van der Waals surface area contributed by atoms with Crippen LogP contribution in [-0.4, -0.2) is 75.5 Å². The number of aromatic amines is 1. The average molecular weight is 492 g/mol. The van der Waals surface area contributed by atoms with Crippen LogP contribution in [-0.2, 0) is 11.2 Å². The molecular weight excluding hydrogens is 460 g/mol. The Morgan fingerprint density at radius 1 is 1.11 bits per heavy atom. The summed E-state index contributed by atoms with van der Waals surface area (Å²) in [4.78, 5) is 56.2. The number of imide groups is 1. The normalized spacial score (nSPS) is 20.1. The topological polar surface area (TPSA) is 120 Å². The Balaban J connectivity index is 1.57. The molecule has 0 bridgehead atoms. The summed E-state index contributed by atoms with van der Waals surface area (Å²) in [5.74, 6) is -0.777. The Kier molecular flexibility index (Phi) is 7.21. The Morgan fingerprint density at radius 2 is 1.81 bits per heavy atom. The summed E-state index contributed by atoms with van der Waals surface area (Å²) in [5.41, 5.74) is 2.18. The third-order valence-electron chi connectivity index (χ3n) is 7.12. The van der Waals surface area contributed by atoms with Crippen molar-refractivity contribution < 1.29 is 28.8 Å². The number of ketones is 1. The number of benzene rings is 2. The molecule has 188 valence electrons. The summed E-state index contributed by atoms with van der Waals surface area (Å²) < 4.78 is -0.715. The number of likely N-dealkylation sites (tertiary alicyclic amines) is 1. The maximum absolute atomic E-state index is 13.5. The van der Waals surface area contributed by atoms with Crippen LogP contribution in [0.5, 0.6) is 0 Å². The van der Waals surface area contributed by atoms with Gasteiger partial charge in [0.1, 0.15) is 6.04 Å². The Bertz CT molecular complexity index is 1290. The van der Waals surface area contributed by atoms with Gasteiger partial charge in [-0.25, -0.2) is 4.79 Å². The van der Waals surface area contributed by atoms with Crippen molar-refractivity contribution in [2.45, 2.75) is 38.3 Å². The van der Waals surface area contributed by atoms with Crippen molar-refractivity contribution in [2.75, 3.05) is 20.1 Å². The largest absolute Gasteiger partial charge is 0.523 e. The van der Waals surface area contributed by atoms with E-state index in [0.29, 0.717) is 18.4 Å². The zero-order valence-corrected chi connectivity index (χ0v) is 20.4. The van der Waals surface area contributed by atoms with Crippen LogP contribution in [0.1, 0.15) is 35.7 Å². The molecule has 2 aromatic carbocycles. The molecule has 1 fully saturated rings. The molecule has 9 heteroatoms. The van der Waals surface area contributed by atoms with Crippen LogP contribution >= 0.6 is 0 Å². The standard InChI is InChI=1S/C27H30N4O5/c1-18-9-8-14-31(18,27(35)36)26(34)30(2)17-24(32)23(29-25(33)19-10-4-3-5-11-19)15-20-16-28-22-13-7-6-12-21(20)22/h3-7,10-13,16,18,23,28H,8-9,14-15,17H2,1-2H3,(H-,29,33,35,36)/p+1/t18-,23?,31?/m1/s1. The van der Waals surface area contributed by atoms with Gasteiger partial charge in [-0.15, -0.1) is 4.48 Å². The molecule has 1 aromatic heterocycles. The molecule has 2 unspecified atom stereocenters. The highest BCUT2D eigenvalue weighted by molar-refractivity contribution is 5.99. The number of hydrogen-bond donors (Lipinski definition) is 3. The number of carboxylic acid groups (broad SMARTS) is 1. The van der Waals surface area contributed by atoms with E-state index in [2.05, 4.69) is 10.3 Å². The number of urea groups is 1. The van der Waals surface area contributed by atoms with E-state index in [0.717, 1.165) is 16.5 Å². The minimum atomic E-state index is -1.21. The molecule has 4 rings (SSSR count). The lowest BCUT2D eigenvalue weighted by molar-refractivity contribution is -0.790. The minimum absolute atomic E-state index is 0.192. The summed E-state index contributed by atoms with van der Waals surface area (Å²) in [6.07, 6.45) is 2.06. The first-order chi connectivity index (χ1) is 17.2. The number of carbonyl (C=O) groups excluding carboxylic acids is 3. The SMILES string of the molecule is C[C@@H]1CCC[N+]1(C(=O)O)C(=O)N(C)CC(=O)C(Cc1c[nH]c2ccccc12)NC(=O)c1ccccc1. The number of fused-ring (bicyclic) bond motifs is 1. The third-order valence-corrected chi connectivity index (χ3v) is 7.12. The van der Waals surface area contributed by atoms with Crippen molar-refractivity contribution in [3.05, 3.63) is 71.9 Å². The Labute approximate surface area is 209 Å². The van der Waals surface area contributed by atoms with Crippen LogP contribution in [0.2, 0.25) is 0 Å². The van der Waals surface area contributed by atoms with E-state index in [1.54, 1.807) is 37.3 Å². The van der Waals surface area contributed by atoms with Crippen LogP contribution in [0.4, 0.5) is 9.59 Å². The second kappa shape index (κ2) is 10.3. The van der Waals surface area contributed by atoms with Gasteiger partial charge in [0, 0.05) is 49.0 Å². The van der Waals surface area contributed by atoms with E-state index >= 15 is 0 Å². The van der Waals surface area contributed by atoms with Gasteiger partial charge in [0.15, 0.2) is 5.78 Å². The summed E-state index contributed by atoms with van der Waals surface area (Å²) in [6.45, 7) is 1.62. The second-order valence-electron chi connectivity index (χ2n) is 9.43. The second-order valence-corrected chi connectivity index (χ2v) is 9.43. The molecular formula is C27H31N4O5+. The van der Waals surface area contributed by atoms with Crippen molar-refractivity contribution >= 4 is 34.7 Å². The summed E-state index contributed by atoms with van der Waals surface area (Å²) in [6, 6.07) is 14.3. The molecule has 1 aliphatic rings. The van der Waals surface area contributed by atoms with E-state index < -0.39 is 28.6 Å².